The summed E-state index contributed by atoms with van der Waals surface area (Å²) < 4.78 is 43.2. The fourth-order valence-electron chi connectivity index (χ4n) is 1.80. The van der Waals surface area contributed by atoms with Gasteiger partial charge in [-0.15, -0.1) is 0 Å². The van der Waals surface area contributed by atoms with E-state index in [0.29, 0.717) is 11.4 Å². The molecule has 2 rings (SSSR count). The van der Waals surface area contributed by atoms with Crippen molar-refractivity contribution in [3.63, 3.8) is 0 Å². The molecule has 0 unspecified atom stereocenters. The third-order valence-corrected chi connectivity index (χ3v) is 2.86. The summed E-state index contributed by atoms with van der Waals surface area (Å²) in [4.78, 5) is 12.0. The zero-order valence-corrected chi connectivity index (χ0v) is 11.1. The Balaban J connectivity index is 2.21. The molecule has 0 saturated carbocycles. The van der Waals surface area contributed by atoms with Crippen molar-refractivity contribution in [2.24, 2.45) is 0 Å². The average molecular weight is 298 g/mol. The monoisotopic (exact) mass is 298 g/mol. The van der Waals surface area contributed by atoms with Crippen molar-refractivity contribution < 1.29 is 22.4 Å². The molecule has 112 valence electrons. The van der Waals surface area contributed by atoms with Gasteiger partial charge in [-0.1, -0.05) is 0 Å². The number of anilines is 1. The van der Waals surface area contributed by atoms with Gasteiger partial charge in [0.25, 0.3) is 5.91 Å². The Labute approximate surface area is 119 Å². The van der Waals surface area contributed by atoms with Crippen LogP contribution in [0.2, 0.25) is 0 Å². The standard InChI is InChI=1S/C14H13F3N2O2/c1-18-12-5-4-9(14(15,16)17)7-11(12)13(20)19-8-10-3-2-6-21-10/h2-7,18H,8H2,1H3,(H,19,20). The molecule has 1 amide bonds. The van der Waals surface area contributed by atoms with Crippen LogP contribution in [0.1, 0.15) is 21.7 Å². The van der Waals surface area contributed by atoms with Gasteiger partial charge in [-0.05, 0) is 30.3 Å². The van der Waals surface area contributed by atoms with Gasteiger partial charge in [0.15, 0.2) is 0 Å². The largest absolute Gasteiger partial charge is 0.467 e. The van der Waals surface area contributed by atoms with Crippen LogP contribution >= 0.6 is 0 Å². The van der Waals surface area contributed by atoms with Gasteiger partial charge >= 0.3 is 6.18 Å². The first-order chi connectivity index (χ1) is 9.91. The molecule has 2 aromatic rings. The van der Waals surface area contributed by atoms with Crippen molar-refractivity contribution in [2.75, 3.05) is 12.4 Å². The maximum Gasteiger partial charge on any atom is 0.416 e. The normalized spacial score (nSPS) is 11.2. The molecule has 0 aliphatic carbocycles. The van der Waals surface area contributed by atoms with E-state index < -0.39 is 17.6 Å². The summed E-state index contributed by atoms with van der Waals surface area (Å²) in [5.74, 6) is -0.0943. The van der Waals surface area contributed by atoms with Gasteiger partial charge in [0.05, 0.1) is 23.9 Å². The zero-order chi connectivity index (χ0) is 15.5. The van der Waals surface area contributed by atoms with E-state index >= 15 is 0 Å². The Morgan fingerprint density at radius 1 is 1.29 bits per heavy atom. The Kier molecular flexibility index (Phi) is 4.21. The number of carbonyl (C=O) groups excluding carboxylic acids is 1. The number of carbonyl (C=O) groups is 1. The molecule has 0 radical (unpaired) electrons. The van der Waals surface area contributed by atoms with Crippen LogP contribution in [0.4, 0.5) is 18.9 Å². The first kappa shape index (κ1) is 15.0. The van der Waals surface area contributed by atoms with Crippen molar-refractivity contribution in [1.29, 1.82) is 0 Å². The molecule has 7 heteroatoms. The minimum atomic E-state index is -4.50. The van der Waals surface area contributed by atoms with E-state index in [0.717, 1.165) is 12.1 Å². The van der Waals surface area contributed by atoms with Crippen molar-refractivity contribution >= 4 is 11.6 Å². The van der Waals surface area contributed by atoms with Crippen molar-refractivity contribution in [3.8, 4) is 0 Å². The SMILES string of the molecule is CNc1ccc(C(F)(F)F)cc1C(=O)NCc1ccco1. The Hall–Kier alpha value is -2.44. The maximum absolute atomic E-state index is 12.7. The molecule has 21 heavy (non-hydrogen) atoms. The van der Waals surface area contributed by atoms with Gasteiger partial charge in [-0.2, -0.15) is 13.2 Å². The number of benzene rings is 1. The van der Waals surface area contributed by atoms with Crippen LogP contribution in [0, 0.1) is 0 Å². The van der Waals surface area contributed by atoms with E-state index in [-0.39, 0.29) is 12.1 Å². The quantitative estimate of drug-likeness (QED) is 0.911. The van der Waals surface area contributed by atoms with Crippen molar-refractivity contribution in [2.45, 2.75) is 12.7 Å². The maximum atomic E-state index is 12.7. The third-order valence-electron chi connectivity index (χ3n) is 2.86. The zero-order valence-electron chi connectivity index (χ0n) is 11.1. The number of alkyl halides is 3. The molecule has 0 saturated heterocycles. The molecular formula is C14H13F3N2O2. The van der Waals surface area contributed by atoms with Gasteiger partial charge in [0.1, 0.15) is 5.76 Å². The number of furan rings is 1. The molecule has 4 nitrogen and oxygen atoms in total. The van der Waals surface area contributed by atoms with Crippen molar-refractivity contribution in [1.82, 2.24) is 5.32 Å². The van der Waals surface area contributed by atoms with Gasteiger partial charge in [0.2, 0.25) is 0 Å². The van der Waals surface area contributed by atoms with Crippen LogP contribution in [-0.2, 0) is 12.7 Å². The lowest BCUT2D eigenvalue weighted by atomic mass is 10.1. The number of halogens is 3. The average Bonchev–Trinajstić information content (AvgIpc) is 2.96. The van der Waals surface area contributed by atoms with E-state index in [1.165, 1.54) is 19.4 Å². The van der Waals surface area contributed by atoms with E-state index in [2.05, 4.69) is 10.6 Å². The van der Waals surface area contributed by atoms with E-state index in [1.807, 2.05) is 0 Å². The molecule has 2 N–H and O–H groups in total. The summed E-state index contributed by atoms with van der Waals surface area (Å²) in [5, 5.41) is 5.21. The Morgan fingerprint density at radius 3 is 2.62 bits per heavy atom. The highest BCUT2D eigenvalue weighted by Gasteiger charge is 2.31. The smallest absolute Gasteiger partial charge is 0.416 e. The van der Waals surface area contributed by atoms with Crippen molar-refractivity contribution in [3.05, 3.63) is 53.5 Å². The van der Waals surface area contributed by atoms with Crippen LogP contribution in [0.25, 0.3) is 0 Å². The highest BCUT2D eigenvalue weighted by atomic mass is 19.4. The Morgan fingerprint density at radius 2 is 2.05 bits per heavy atom. The molecule has 0 bridgehead atoms. The molecule has 0 aliphatic rings. The fourth-order valence-corrected chi connectivity index (χ4v) is 1.80. The third kappa shape index (κ3) is 3.56. The summed E-state index contributed by atoms with van der Waals surface area (Å²) >= 11 is 0. The van der Waals surface area contributed by atoms with Crippen LogP contribution in [0.15, 0.2) is 41.0 Å². The van der Waals surface area contributed by atoms with Gasteiger partial charge < -0.3 is 15.1 Å². The molecule has 0 atom stereocenters. The number of hydrogen-bond donors (Lipinski definition) is 2. The van der Waals surface area contributed by atoms with Gasteiger partial charge in [-0.25, -0.2) is 0 Å². The van der Waals surface area contributed by atoms with Crippen LogP contribution in [0.3, 0.4) is 0 Å². The highest BCUT2D eigenvalue weighted by molar-refractivity contribution is 5.99. The Bertz CT molecular complexity index is 622. The number of nitrogens with one attached hydrogen (secondary N) is 2. The lowest BCUT2D eigenvalue weighted by Crippen LogP contribution is -2.24. The predicted molar refractivity (Wildman–Crippen MR) is 70.9 cm³/mol. The van der Waals surface area contributed by atoms with Crippen LogP contribution < -0.4 is 10.6 Å². The summed E-state index contributed by atoms with van der Waals surface area (Å²) in [5.41, 5.74) is -0.622. The highest BCUT2D eigenvalue weighted by Crippen LogP contribution is 2.31. The molecule has 1 aromatic carbocycles. The van der Waals surface area contributed by atoms with Gasteiger partial charge in [-0.3, -0.25) is 4.79 Å². The molecule has 1 heterocycles. The minimum absolute atomic E-state index is 0.0705. The molecule has 0 aliphatic heterocycles. The van der Waals surface area contributed by atoms with E-state index in [9.17, 15) is 18.0 Å². The number of rotatable bonds is 4. The molecular weight excluding hydrogens is 285 g/mol. The second-order valence-electron chi connectivity index (χ2n) is 4.27. The number of hydrogen-bond acceptors (Lipinski definition) is 3. The van der Waals surface area contributed by atoms with E-state index in [1.54, 1.807) is 12.1 Å². The fraction of sp³-hybridized carbons (Fsp3) is 0.214. The van der Waals surface area contributed by atoms with Crippen LogP contribution in [-0.4, -0.2) is 13.0 Å². The lowest BCUT2D eigenvalue weighted by Gasteiger charge is -2.13. The summed E-state index contributed by atoms with van der Waals surface area (Å²) in [7, 11) is 1.53. The molecule has 0 spiro atoms. The summed E-state index contributed by atoms with van der Waals surface area (Å²) in [6, 6.07) is 6.29. The minimum Gasteiger partial charge on any atom is -0.467 e. The lowest BCUT2D eigenvalue weighted by molar-refractivity contribution is -0.137. The molecule has 1 aromatic heterocycles. The first-order valence-electron chi connectivity index (χ1n) is 6.11. The summed E-state index contributed by atoms with van der Waals surface area (Å²) in [6.45, 7) is 0.102. The van der Waals surface area contributed by atoms with Gasteiger partial charge in [0, 0.05) is 12.7 Å². The van der Waals surface area contributed by atoms with Crippen LogP contribution in [0.5, 0.6) is 0 Å². The number of amides is 1. The second-order valence-corrected chi connectivity index (χ2v) is 4.27. The predicted octanol–water partition coefficient (Wildman–Crippen LogP) is 3.27. The topological polar surface area (TPSA) is 54.3 Å². The van der Waals surface area contributed by atoms with E-state index in [4.69, 9.17) is 4.42 Å². The molecule has 0 fully saturated rings. The second kappa shape index (κ2) is 5.90. The first-order valence-corrected chi connectivity index (χ1v) is 6.11. The summed E-state index contributed by atoms with van der Waals surface area (Å²) in [6.07, 6.45) is -3.05.